The molecule has 1 atom stereocenters. The van der Waals surface area contributed by atoms with E-state index >= 15 is 0 Å². The third kappa shape index (κ3) is 3.35. The highest BCUT2D eigenvalue weighted by atomic mass is 16.5. The molecule has 0 saturated heterocycles. The van der Waals surface area contributed by atoms with Gasteiger partial charge in [0.2, 0.25) is 0 Å². The first-order valence-electron chi connectivity index (χ1n) is 8.06. The number of nitrogens with zero attached hydrogens (tertiary/aromatic N) is 1. The third-order valence-electron chi connectivity index (χ3n) is 4.31. The highest BCUT2D eigenvalue weighted by Crippen LogP contribution is 2.24. The molecule has 1 aromatic heterocycles. The normalized spacial score (nSPS) is 11.9. The Labute approximate surface area is 142 Å². The molecule has 1 N–H and O–H groups in total. The van der Waals surface area contributed by atoms with Crippen LogP contribution < -0.4 is 0 Å². The van der Waals surface area contributed by atoms with Crippen molar-refractivity contribution in [3.63, 3.8) is 0 Å². The second-order valence-corrected chi connectivity index (χ2v) is 5.85. The number of hydrogen-bond donors (Lipinski definition) is 1. The number of carbonyl (C=O) groups is 2. The van der Waals surface area contributed by atoms with Gasteiger partial charge in [-0.15, -0.1) is 0 Å². The minimum Gasteiger partial charge on any atom is -0.462 e. The summed E-state index contributed by atoms with van der Waals surface area (Å²) >= 11 is 0. The molecule has 1 aromatic carbocycles. The average Bonchev–Trinajstić information content (AvgIpc) is 2.88. The molecule has 1 amide bonds. The van der Waals surface area contributed by atoms with Crippen molar-refractivity contribution in [2.24, 2.45) is 0 Å². The van der Waals surface area contributed by atoms with Gasteiger partial charge in [0.25, 0.3) is 5.91 Å². The summed E-state index contributed by atoms with van der Waals surface area (Å²) in [5, 5.41) is 0. The number of benzene rings is 1. The Balaban J connectivity index is 2.30. The fourth-order valence-corrected chi connectivity index (χ4v) is 2.78. The molecule has 0 fully saturated rings. The van der Waals surface area contributed by atoms with Crippen molar-refractivity contribution >= 4 is 11.9 Å². The van der Waals surface area contributed by atoms with Crippen LogP contribution in [0.4, 0.5) is 0 Å². The van der Waals surface area contributed by atoms with Gasteiger partial charge in [-0.1, -0.05) is 30.3 Å². The van der Waals surface area contributed by atoms with Gasteiger partial charge in [-0.2, -0.15) is 0 Å². The molecule has 24 heavy (non-hydrogen) atoms. The summed E-state index contributed by atoms with van der Waals surface area (Å²) in [6, 6.07) is 9.76. The zero-order valence-corrected chi connectivity index (χ0v) is 14.8. The number of ether oxygens (including phenoxy) is 1. The fourth-order valence-electron chi connectivity index (χ4n) is 2.78. The van der Waals surface area contributed by atoms with Crippen LogP contribution in [0.2, 0.25) is 0 Å². The summed E-state index contributed by atoms with van der Waals surface area (Å²) in [6.07, 6.45) is 0. The van der Waals surface area contributed by atoms with Crippen LogP contribution in [-0.4, -0.2) is 35.4 Å². The van der Waals surface area contributed by atoms with Crippen LogP contribution in [0.15, 0.2) is 30.3 Å². The van der Waals surface area contributed by atoms with E-state index < -0.39 is 5.97 Å². The lowest BCUT2D eigenvalue weighted by atomic mass is 10.1. The number of carbonyl (C=O) groups excluding carboxylic acids is 2. The summed E-state index contributed by atoms with van der Waals surface area (Å²) in [4.78, 5) is 29.7. The zero-order chi connectivity index (χ0) is 17.9. The standard InChI is InChI=1S/C19H24N2O3/c1-6-24-19(23)16-12(2)17(20-13(16)3)18(22)21(5)14(4)15-10-8-7-9-11-15/h7-11,14,20H,6H2,1-5H3. The molecule has 0 aliphatic carbocycles. The van der Waals surface area contributed by atoms with E-state index in [0.29, 0.717) is 29.1 Å². The number of aromatic nitrogens is 1. The lowest BCUT2D eigenvalue weighted by Crippen LogP contribution is -2.30. The van der Waals surface area contributed by atoms with Gasteiger partial charge < -0.3 is 14.6 Å². The number of amides is 1. The molecule has 1 unspecified atom stereocenters. The van der Waals surface area contributed by atoms with E-state index in [1.807, 2.05) is 37.3 Å². The smallest absolute Gasteiger partial charge is 0.340 e. The van der Waals surface area contributed by atoms with Gasteiger partial charge in [-0.3, -0.25) is 4.79 Å². The van der Waals surface area contributed by atoms with Crippen LogP contribution >= 0.6 is 0 Å². The van der Waals surface area contributed by atoms with Crippen molar-refractivity contribution in [3.8, 4) is 0 Å². The van der Waals surface area contributed by atoms with Crippen molar-refractivity contribution in [2.45, 2.75) is 33.7 Å². The molecule has 2 rings (SSSR count). The minimum atomic E-state index is -0.401. The van der Waals surface area contributed by atoms with Crippen LogP contribution in [0.25, 0.3) is 0 Å². The Morgan fingerprint density at radius 2 is 1.83 bits per heavy atom. The quantitative estimate of drug-likeness (QED) is 0.852. The van der Waals surface area contributed by atoms with Gasteiger partial charge in [-0.25, -0.2) is 4.79 Å². The molecule has 0 saturated carbocycles. The second kappa shape index (κ2) is 7.34. The predicted octanol–water partition coefficient (Wildman–Crippen LogP) is 3.64. The number of aromatic amines is 1. The molecule has 1 heterocycles. The number of esters is 1. The number of rotatable bonds is 5. The van der Waals surface area contributed by atoms with Gasteiger partial charge in [0, 0.05) is 12.7 Å². The molecule has 5 nitrogen and oxygen atoms in total. The molecular formula is C19H24N2O3. The average molecular weight is 328 g/mol. The topological polar surface area (TPSA) is 62.4 Å². The van der Waals surface area contributed by atoms with Gasteiger partial charge in [0.1, 0.15) is 5.69 Å². The first-order chi connectivity index (χ1) is 11.4. The maximum absolute atomic E-state index is 12.9. The Kier molecular flexibility index (Phi) is 5.44. The van der Waals surface area contributed by atoms with Crippen molar-refractivity contribution < 1.29 is 14.3 Å². The van der Waals surface area contributed by atoms with E-state index in [0.717, 1.165) is 5.56 Å². The SMILES string of the molecule is CCOC(=O)c1c(C)[nH]c(C(=O)N(C)C(C)c2ccccc2)c1C. The maximum Gasteiger partial charge on any atom is 0.340 e. The summed E-state index contributed by atoms with van der Waals surface area (Å²) in [5.74, 6) is -0.552. The molecule has 0 spiro atoms. The molecule has 2 aromatic rings. The second-order valence-electron chi connectivity index (χ2n) is 5.85. The Hall–Kier alpha value is -2.56. The lowest BCUT2D eigenvalue weighted by Gasteiger charge is -2.25. The van der Waals surface area contributed by atoms with Crippen LogP contribution in [0.5, 0.6) is 0 Å². The highest BCUT2D eigenvalue weighted by Gasteiger charge is 2.26. The van der Waals surface area contributed by atoms with Gasteiger partial charge in [0.15, 0.2) is 0 Å². The van der Waals surface area contributed by atoms with Crippen molar-refractivity contribution in [1.82, 2.24) is 9.88 Å². The first-order valence-corrected chi connectivity index (χ1v) is 8.06. The number of H-pyrrole nitrogens is 1. The van der Waals surface area contributed by atoms with Crippen molar-refractivity contribution in [1.29, 1.82) is 0 Å². The lowest BCUT2D eigenvalue weighted by molar-refractivity contribution is 0.0525. The number of nitrogens with one attached hydrogen (secondary N) is 1. The molecule has 0 radical (unpaired) electrons. The van der Waals surface area contributed by atoms with E-state index in [2.05, 4.69) is 4.98 Å². The first kappa shape index (κ1) is 17.8. The van der Waals surface area contributed by atoms with Gasteiger partial charge in [0.05, 0.1) is 18.2 Å². The van der Waals surface area contributed by atoms with E-state index in [9.17, 15) is 9.59 Å². The third-order valence-corrected chi connectivity index (χ3v) is 4.31. The largest absolute Gasteiger partial charge is 0.462 e. The van der Waals surface area contributed by atoms with Crippen LogP contribution in [0, 0.1) is 13.8 Å². The molecule has 5 heteroatoms. The predicted molar refractivity (Wildman–Crippen MR) is 93.2 cm³/mol. The van der Waals surface area contributed by atoms with Crippen LogP contribution in [-0.2, 0) is 4.74 Å². The Bertz CT molecular complexity index is 735. The summed E-state index contributed by atoms with van der Waals surface area (Å²) in [5.41, 5.74) is 3.21. The van der Waals surface area contributed by atoms with Crippen molar-refractivity contribution in [3.05, 3.63) is 58.4 Å². The fraction of sp³-hybridized carbons (Fsp3) is 0.368. The van der Waals surface area contributed by atoms with E-state index in [1.54, 1.807) is 32.7 Å². The number of aryl methyl sites for hydroxylation is 1. The van der Waals surface area contributed by atoms with Crippen LogP contribution in [0.1, 0.15) is 57.6 Å². The van der Waals surface area contributed by atoms with Crippen molar-refractivity contribution in [2.75, 3.05) is 13.7 Å². The monoisotopic (exact) mass is 328 g/mol. The van der Waals surface area contributed by atoms with E-state index in [1.165, 1.54) is 0 Å². The summed E-state index contributed by atoms with van der Waals surface area (Å²) < 4.78 is 5.08. The summed E-state index contributed by atoms with van der Waals surface area (Å²) in [7, 11) is 1.76. The Morgan fingerprint density at radius 3 is 2.42 bits per heavy atom. The molecule has 0 aliphatic heterocycles. The van der Waals surface area contributed by atoms with Crippen LogP contribution in [0.3, 0.4) is 0 Å². The summed E-state index contributed by atoms with van der Waals surface area (Å²) in [6.45, 7) is 7.58. The van der Waals surface area contributed by atoms with E-state index in [-0.39, 0.29) is 11.9 Å². The van der Waals surface area contributed by atoms with E-state index in [4.69, 9.17) is 4.74 Å². The maximum atomic E-state index is 12.9. The highest BCUT2D eigenvalue weighted by molar-refractivity contribution is 6.00. The molecule has 128 valence electrons. The van der Waals surface area contributed by atoms with Gasteiger partial charge >= 0.3 is 5.97 Å². The molecule has 0 bridgehead atoms. The molecule has 0 aliphatic rings. The minimum absolute atomic E-state index is 0.0762. The van der Waals surface area contributed by atoms with Gasteiger partial charge in [-0.05, 0) is 38.8 Å². The zero-order valence-electron chi connectivity index (χ0n) is 14.8. The Morgan fingerprint density at radius 1 is 1.21 bits per heavy atom. The molecular weight excluding hydrogens is 304 g/mol. The number of hydrogen-bond acceptors (Lipinski definition) is 3.